The molecule has 1 fully saturated rings. The second-order valence-electron chi connectivity index (χ2n) is 3.77. The van der Waals surface area contributed by atoms with Crippen molar-refractivity contribution in [3.63, 3.8) is 0 Å². The third-order valence-electron chi connectivity index (χ3n) is 2.56. The molecule has 7 heteroatoms. The van der Waals surface area contributed by atoms with E-state index in [1.165, 1.54) is 12.4 Å². The van der Waals surface area contributed by atoms with Gasteiger partial charge in [-0.05, 0) is 19.3 Å². The number of hydrogen-bond donors (Lipinski definition) is 2. The van der Waals surface area contributed by atoms with Gasteiger partial charge in [0.05, 0.1) is 12.3 Å². The van der Waals surface area contributed by atoms with Gasteiger partial charge in [-0.25, -0.2) is 13.1 Å². The van der Waals surface area contributed by atoms with Crippen LogP contribution in [0.4, 0.5) is 0 Å². The lowest BCUT2D eigenvalue weighted by atomic mass is 10.1. The van der Waals surface area contributed by atoms with Gasteiger partial charge in [0.2, 0.25) is 10.0 Å². The molecular formula is C9H15N3O3S. The summed E-state index contributed by atoms with van der Waals surface area (Å²) in [7, 11) is -3.44. The van der Waals surface area contributed by atoms with Crippen LogP contribution in [0, 0.1) is 0 Å². The van der Waals surface area contributed by atoms with E-state index in [0.717, 1.165) is 25.9 Å². The van der Waals surface area contributed by atoms with Gasteiger partial charge in [0.15, 0.2) is 0 Å². The lowest BCUT2D eigenvalue weighted by Crippen LogP contribution is -2.35. The smallest absolute Gasteiger partial charge is 0.243 e. The van der Waals surface area contributed by atoms with Crippen LogP contribution < -0.4 is 4.72 Å². The number of aromatic amines is 1. The Morgan fingerprint density at radius 2 is 2.44 bits per heavy atom. The summed E-state index contributed by atoms with van der Waals surface area (Å²) in [5, 5.41) is 6.08. The Labute approximate surface area is 94.4 Å². The summed E-state index contributed by atoms with van der Waals surface area (Å²) in [6, 6.07) is 0. The number of rotatable bonds is 4. The molecule has 1 aromatic rings. The summed E-state index contributed by atoms with van der Waals surface area (Å²) >= 11 is 0. The first kappa shape index (κ1) is 11.6. The van der Waals surface area contributed by atoms with Crippen molar-refractivity contribution in [3.05, 3.63) is 12.4 Å². The summed E-state index contributed by atoms with van der Waals surface area (Å²) in [5.74, 6) is 0. The Balaban J connectivity index is 1.89. The van der Waals surface area contributed by atoms with Gasteiger partial charge in [-0.15, -0.1) is 0 Å². The van der Waals surface area contributed by atoms with Crippen LogP contribution in [0.25, 0.3) is 0 Å². The molecule has 0 radical (unpaired) electrons. The van der Waals surface area contributed by atoms with E-state index in [9.17, 15) is 8.42 Å². The molecule has 0 aliphatic carbocycles. The molecule has 1 aliphatic heterocycles. The van der Waals surface area contributed by atoms with Gasteiger partial charge >= 0.3 is 0 Å². The molecule has 1 aliphatic rings. The zero-order valence-electron chi connectivity index (χ0n) is 8.85. The molecular weight excluding hydrogens is 230 g/mol. The minimum absolute atomic E-state index is 0.00424. The van der Waals surface area contributed by atoms with Crippen molar-refractivity contribution in [1.82, 2.24) is 14.9 Å². The van der Waals surface area contributed by atoms with Crippen molar-refractivity contribution in [2.45, 2.75) is 30.3 Å². The minimum atomic E-state index is -3.44. The fraction of sp³-hybridized carbons (Fsp3) is 0.667. The maximum Gasteiger partial charge on any atom is 0.243 e. The number of sulfonamides is 1. The molecule has 1 aromatic heterocycles. The van der Waals surface area contributed by atoms with E-state index in [4.69, 9.17) is 4.74 Å². The summed E-state index contributed by atoms with van der Waals surface area (Å²) in [5.41, 5.74) is 0. The molecule has 0 aromatic carbocycles. The van der Waals surface area contributed by atoms with Crippen molar-refractivity contribution in [3.8, 4) is 0 Å². The van der Waals surface area contributed by atoms with Crippen LogP contribution in [-0.2, 0) is 14.8 Å². The van der Waals surface area contributed by atoms with Gasteiger partial charge < -0.3 is 4.74 Å². The monoisotopic (exact) mass is 245 g/mol. The molecule has 2 N–H and O–H groups in total. The summed E-state index contributed by atoms with van der Waals surface area (Å²) in [6.45, 7) is 1.05. The zero-order chi connectivity index (χ0) is 11.4. The van der Waals surface area contributed by atoms with Crippen LogP contribution >= 0.6 is 0 Å². The maximum absolute atomic E-state index is 11.7. The fourth-order valence-corrected chi connectivity index (χ4v) is 2.61. The van der Waals surface area contributed by atoms with Gasteiger partial charge in [-0.3, -0.25) is 5.10 Å². The molecule has 2 rings (SSSR count). The van der Waals surface area contributed by atoms with E-state index in [2.05, 4.69) is 14.9 Å². The Kier molecular flexibility index (Phi) is 3.57. The normalized spacial score (nSPS) is 22.1. The van der Waals surface area contributed by atoms with Crippen LogP contribution in [0.2, 0.25) is 0 Å². The summed E-state index contributed by atoms with van der Waals surface area (Å²) in [4.78, 5) is 0.156. The minimum Gasteiger partial charge on any atom is -0.377 e. The molecule has 1 saturated heterocycles. The Morgan fingerprint density at radius 1 is 1.56 bits per heavy atom. The van der Waals surface area contributed by atoms with Crippen molar-refractivity contribution in [1.29, 1.82) is 0 Å². The lowest BCUT2D eigenvalue weighted by molar-refractivity contribution is 0.0200. The topological polar surface area (TPSA) is 84.1 Å². The molecule has 0 saturated carbocycles. The zero-order valence-corrected chi connectivity index (χ0v) is 9.66. The highest BCUT2D eigenvalue weighted by molar-refractivity contribution is 7.89. The molecule has 0 spiro atoms. The fourth-order valence-electron chi connectivity index (χ4n) is 1.64. The second kappa shape index (κ2) is 4.94. The number of aromatic nitrogens is 2. The highest BCUT2D eigenvalue weighted by atomic mass is 32.2. The van der Waals surface area contributed by atoms with E-state index in [-0.39, 0.29) is 11.0 Å². The number of nitrogens with zero attached hydrogens (tertiary/aromatic N) is 1. The molecule has 90 valence electrons. The summed E-state index contributed by atoms with van der Waals surface area (Å²) in [6.07, 6.45) is 5.70. The third kappa shape index (κ3) is 2.81. The van der Waals surface area contributed by atoms with Crippen LogP contribution in [-0.4, -0.2) is 37.9 Å². The standard InChI is InChI=1S/C9H15N3O3S/c13-16(14,9-6-10-11-7-9)12-5-8-3-1-2-4-15-8/h6-8,12H,1-5H2,(H,10,11). The maximum atomic E-state index is 11.7. The SMILES string of the molecule is O=S(=O)(NCC1CCCCO1)c1cn[nH]c1. The highest BCUT2D eigenvalue weighted by Gasteiger charge is 2.19. The number of H-pyrrole nitrogens is 1. The number of hydrogen-bond acceptors (Lipinski definition) is 4. The van der Waals surface area contributed by atoms with E-state index in [0.29, 0.717) is 6.54 Å². The number of nitrogens with one attached hydrogen (secondary N) is 2. The molecule has 0 amide bonds. The second-order valence-corrected chi connectivity index (χ2v) is 5.54. The third-order valence-corrected chi connectivity index (χ3v) is 3.95. The Hall–Kier alpha value is -0.920. The molecule has 1 unspecified atom stereocenters. The Bertz CT molecular complexity index is 409. The van der Waals surface area contributed by atoms with Gasteiger partial charge in [-0.1, -0.05) is 0 Å². The van der Waals surface area contributed by atoms with Crippen molar-refractivity contribution in [2.75, 3.05) is 13.2 Å². The van der Waals surface area contributed by atoms with Gasteiger partial charge in [0.25, 0.3) is 0 Å². The first-order valence-corrected chi connectivity index (χ1v) is 6.77. The highest BCUT2D eigenvalue weighted by Crippen LogP contribution is 2.12. The van der Waals surface area contributed by atoms with Crippen molar-refractivity contribution >= 4 is 10.0 Å². The quantitative estimate of drug-likeness (QED) is 0.796. The van der Waals surface area contributed by atoms with E-state index in [1.807, 2.05) is 0 Å². The lowest BCUT2D eigenvalue weighted by Gasteiger charge is -2.22. The average molecular weight is 245 g/mol. The largest absolute Gasteiger partial charge is 0.377 e. The predicted molar refractivity (Wildman–Crippen MR) is 57.4 cm³/mol. The predicted octanol–water partition coefficient (Wildman–Crippen LogP) is 0.257. The number of ether oxygens (including phenoxy) is 1. The summed E-state index contributed by atoms with van der Waals surface area (Å²) < 4.78 is 31.4. The van der Waals surface area contributed by atoms with Crippen LogP contribution in [0.15, 0.2) is 17.3 Å². The van der Waals surface area contributed by atoms with Crippen LogP contribution in [0.1, 0.15) is 19.3 Å². The van der Waals surface area contributed by atoms with Gasteiger partial charge in [0, 0.05) is 19.3 Å². The van der Waals surface area contributed by atoms with Crippen LogP contribution in [0.5, 0.6) is 0 Å². The van der Waals surface area contributed by atoms with Crippen molar-refractivity contribution in [2.24, 2.45) is 0 Å². The van der Waals surface area contributed by atoms with Crippen molar-refractivity contribution < 1.29 is 13.2 Å². The Morgan fingerprint density at radius 3 is 3.06 bits per heavy atom. The molecule has 2 heterocycles. The molecule has 6 nitrogen and oxygen atoms in total. The average Bonchev–Trinajstić information content (AvgIpc) is 2.82. The first-order chi connectivity index (χ1) is 7.68. The van der Waals surface area contributed by atoms with E-state index < -0.39 is 10.0 Å². The van der Waals surface area contributed by atoms with E-state index >= 15 is 0 Å². The molecule has 1 atom stereocenters. The first-order valence-electron chi connectivity index (χ1n) is 5.28. The molecule has 16 heavy (non-hydrogen) atoms. The van der Waals surface area contributed by atoms with Gasteiger partial charge in [-0.2, -0.15) is 5.10 Å². The molecule has 0 bridgehead atoms. The van der Waals surface area contributed by atoms with E-state index in [1.54, 1.807) is 0 Å². The van der Waals surface area contributed by atoms with Gasteiger partial charge in [0.1, 0.15) is 4.90 Å². The van der Waals surface area contributed by atoms with Crippen LogP contribution in [0.3, 0.4) is 0 Å².